The molecule has 0 saturated heterocycles. The van der Waals surface area contributed by atoms with E-state index in [1.807, 2.05) is 72.8 Å². The molecule has 0 unspecified atom stereocenters. The minimum atomic E-state index is 0.592. The molecule has 7 heteroatoms. The van der Waals surface area contributed by atoms with E-state index in [4.69, 9.17) is 28.2 Å². The van der Waals surface area contributed by atoms with Gasteiger partial charge < -0.3 is 18.2 Å². The van der Waals surface area contributed by atoms with Crippen molar-refractivity contribution in [3.8, 4) is 34.4 Å². The normalized spacial score (nSPS) is 11.7. The number of anilines is 3. The summed E-state index contributed by atoms with van der Waals surface area (Å²) < 4.78 is 18.2. The summed E-state index contributed by atoms with van der Waals surface area (Å²) in [6, 6.07) is 57.5. The Morgan fingerprint density at radius 2 is 0.722 bits per heavy atom. The van der Waals surface area contributed by atoms with Crippen LogP contribution in [0.4, 0.5) is 17.1 Å². The average molecular weight is 697 g/mol. The molecule has 0 N–H and O–H groups in total. The topological polar surface area (TPSA) is 81.3 Å². The highest BCUT2D eigenvalue weighted by molar-refractivity contribution is 6.09. The summed E-state index contributed by atoms with van der Waals surface area (Å²) in [4.78, 5) is 16.4. The molecule has 0 radical (unpaired) electrons. The van der Waals surface area contributed by atoms with Crippen molar-refractivity contribution in [2.45, 2.75) is 0 Å². The molecule has 0 aliphatic rings. The number of hydrogen-bond acceptors (Lipinski definition) is 7. The van der Waals surface area contributed by atoms with Gasteiger partial charge in [-0.1, -0.05) is 60.7 Å². The van der Waals surface area contributed by atoms with E-state index in [0.717, 1.165) is 88.6 Å². The minimum Gasteiger partial charge on any atom is -0.436 e. The Balaban J connectivity index is 0.988. The molecule has 254 valence electrons. The lowest BCUT2D eigenvalue weighted by Crippen LogP contribution is -2.09. The third-order valence-electron chi connectivity index (χ3n) is 9.95. The van der Waals surface area contributed by atoms with E-state index in [9.17, 15) is 0 Å². The van der Waals surface area contributed by atoms with Crippen molar-refractivity contribution >= 4 is 71.9 Å². The second kappa shape index (κ2) is 12.0. The largest absolute Gasteiger partial charge is 0.436 e. The smallest absolute Gasteiger partial charge is 0.227 e. The Kier molecular flexibility index (Phi) is 6.72. The lowest BCUT2D eigenvalue weighted by Gasteiger charge is -2.26. The number of hydrogen-bond donors (Lipinski definition) is 0. The highest BCUT2D eigenvalue weighted by Gasteiger charge is 2.17. The van der Waals surface area contributed by atoms with Crippen molar-refractivity contribution in [1.29, 1.82) is 0 Å². The number of oxazole rings is 3. The van der Waals surface area contributed by atoms with Crippen LogP contribution in [0.5, 0.6) is 0 Å². The number of aromatic nitrogens is 3. The highest BCUT2D eigenvalue weighted by atomic mass is 16.4. The second-order valence-corrected chi connectivity index (χ2v) is 13.3. The van der Waals surface area contributed by atoms with Crippen molar-refractivity contribution in [2.75, 3.05) is 4.90 Å². The average Bonchev–Trinajstić information content (AvgIpc) is 3.98. The molecule has 0 aliphatic carbocycles. The van der Waals surface area contributed by atoms with Gasteiger partial charge >= 0.3 is 0 Å². The van der Waals surface area contributed by atoms with Crippen molar-refractivity contribution in [2.24, 2.45) is 0 Å². The van der Waals surface area contributed by atoms with Gasteiger partial charge in [-0.15, -0.1) is 0 Å². The van der Waals surface area contributed by atoms with Gasteiger partial charge in [0.05, 0.1) is 0 Å². The third kappa shape index (κ3) is 5.10. The fourth-order valence-corrected chi connectivity index (χ4v) is 7.27. The van der Waals surface area contributed by atoms with E-state index in [0.29, 0.717) is 17.7 Å². The second-order valence-electron chi connectivity index (χ2n) is 13.3. The SMILES string of the molecule is c1ccc2oc(-c3ccc(N(c4ccc(-c5nc6ccccc6o5)cc4)c4ccc5c(ccc6cc(-c7nc8ccccc8o7)ccc65)c4)cc3)nc2c1. The molecule has 0 aliphatic heterocycles. The first kappa shape index (κ1) is 30.1. The fraction of sp³-hybridized carbons (Fsp3) is 0. The molecule has 0 spiro atoms. The van der Waals surface area contributed by atoms with Crippen molar-refractivity contribution in [1.82, 2.24) is 15.0 Å². The van der Waals surface area contributed by atoms with Gasteiger partial charge in [0.1, 0.15) is 16.6 Å². The first-order valence-electron chi connectivity index (χ1n) is 17.7. The maximum Gasteiger partial charge on any atom is 0.227 e. The summed E-state index contributed by atoms with van der Waals surface area (Å²) in [5.41, 5.74) is 10.6. The van der Waals surface area contributed by atoms with Crippen LogP contribution >= 0.6 is 0 Å². The highest BCUT2D eigenvalue weighted by Crippen LogP contribution is 2.40. The van der Waals surface area contributed by atoms with Crippen molar-refractivity contribution in [3.05, 3.63) is 170 Å². The van der Waals surface area contributed by atoms with Crippen LogP contribution in [0.2, 0.25) is 0 Å². The van der Waals surface area contributed by atoms with Crippen molar-refractivity contribution < 1.29 is 13.3 Å². The molecule has 0 amide bonds. The molecule has 3 heterocycles. The summed E-state index contributed by atoms with van der Waals surface area (Å²) in [7, 11) is 0. The van der Waals surface area contributed by atoms with E-state index < -0.39 is 0 Å². The van der Waals surface area contributed by atoms with Gasteiger partial charge in [-0.2, -0.15) is 0 Å². The van der Waals surface area contributed by atoms with Gasteiger partial charge in [0, 0.05) is 33.8 Å². The van der Waals surface area contributed by atoms with Gasteiger partial charge in [-0.3, -0.25) is 0 Å². The molecule has 0 atom stereocenters. The molecule has 3 aromatic heterocycles. The summed E-state index contributed by atoms with van der Waals surface area (Å²) in [5.74, 6) is 1.80. The molecule has 11 rings (SSSR count). The first-order valence-corrected chi connectivity index (χ1v) is 17.7. The van der Waals surface area contributed by atoms with Gasteiger partial charge in [0.25, 0.3) is 0 Å². The van der Waals surface area contributed by atoms with Crippen LogP contribution in [-0.2, 0) is 0 Å². The molecular formula is C47H28N4O3. The number of benzene rings is 8. The standard InChI is InChI=1S/C47H28N4O3/c1-4-10-42-39(7-1)48-45(52-42)29-15-20-34(21-16-29)51(35-22-17-30(18-23-35)46-49-40-8-2-5-11-43(40)53-46)36-24-26-38-32(28-36)14-13-31-27-33(19-25-37(31)38)47-50-41-9-3-6-12-44(41)54-47/h1-28H. The van der Waals surface area contributed by atoms with E-state index in [-0.39, 0.29) is 0 Å². The molecule has 0 fully saturated rings. The van der Waals surface area contributed by atoms with Gasteiger partial charge in [0.15, 0.2) is 16.7 Å². The van der Waals surface area contributed by atoms with E-state index >= 15 is 0 Å². The predicted octanol–water partition coefficient (Wildman–Crippen LogP) is 12.9. The lowest BCUT2D eigenvalue weighted by atomic mass is 9.99. The molecule has 0 bridgehead atoms. The number of para-hydroxylation sites is 6. The molecule has 11 aromatic rings. The van der Waals surface area contributed by atoms with Crippen LogP contribution in [-0.4, -0.2) is 15.0 Å². The van der Waals surface area contributed by atoms with E-state index in [2.05, 4.69) is 102 Å². The third-order valence-corrected chi connectivity index (χ3v) is 9.95. The van der Waals surface area contributed by atoms with Gasteiger partial charge in [0.2, 0.25) is 17.7 Å². The Bertz CT molecular complexity index is 2960. The minimum absolute atomic E-state index is 0.592. The molecular weight excluding hydrogens is 669 g/mol. The van der Waals surface area contributed by atoms with E-state index in [1.165, 1.54) is 0 Å². The zero-order valence-corrected chi connectivity index (χ0v) is 28.7. The Hall–Kier alpha value is -7.51. The summed E-state index contributed by atoms with van der Waals surface area (Å²) >= 11 is 0. The molecule has 54 heavy (non-hydrogen) atoms. The maximum atomic E-state index is 6.08. The van der Waals surface area contributed by atoms with Crippen molar-refractivity contribution in [3.63, 3.8) is 0 Å². The van der Waals surface area contributed by atoms with Gasteiger partial charge in [-0.25, -0.2) is 15.0 Å². The van der Waals surface area contributed by atoms with Crippen LogP contribution in [0.25, 0.3) is 89.2 Å². The summed E-state index contributed by atoms with van der Waals surface area (Å²) in [6.45, 7) is 0. The summed E-state index contributed by atoms with van der Waals surface area (Å²) in [5, 5.41) is 4.58. The zero-order valence-electron chi connectivity index (χ0n) is 28.7. The molecule has 8 aromatic carbocycles. The number of fused-ring (bicyclic) bond motifs is 6. The molecule has 7 nitrogen and oxygen atoms in total. The Labute approximate surface area is 308 Å². The zero-order chi connectivity index (χ0) is 35.6. The van der Waals surface area contributed by atoms with Gasteiger partial charge in [-0.05, 0) is 131 Å². The lowest BCUT2D eigenvalue weighted by molar-refractivity contribution is 0.619. The Morgan fingerprint density at radius 1 is 0.333 bits per heavy atom. The van der Waals surface area contributed by atoms with Crippen LogP contribution in [0.1, 0.15) is 0 Å². The summed E-state index contributed by atoms with van der Waals surface area (Å²) in [6.07, 6.45) is 0. The van der Waals surface area contributed by atoms with Crippen LogP contribution in [0, 0.1) is 0 Å². The number of rotatable bonds is 6. The quantitative estimate of drug-likeness (QED) is 0.160. The van der Waals surface area contributed by atoms with Crippen LogP contribution in [0.3, 0.4) is 0 Å². The van der Waals surface area contributed by atoms with Crippen LogP contribution < -0.4 is 4.90 Å². The fourth-order valence-electron chi connectivity index (χ4n) is 7.27. The van der Waals surface area contributed by atoms with Crippen LogP contribution in [0.15, 0.2) is 183 Å². The Morgan fingerprint density at radius 3 is 1.20 bits per heavy atom. The number of nitrogens with zero attached hydrogens (tertiary/aromatic N) is 4. The monoisotopic (exact) mass is 696 g/mol. The maximum absolute atomic E-state index is 6.08. The van der Waals surface area contributed by atoms with E-state index in [1.54, 1.807) is 0 Å². The first-order chi connectivity index (χ1) is 26.7. The predicted molar refractivity (Wildman–Crippen MR) is 215 cm³/mol. The molecule has 0 saturated carbocycles.